The number of hydrogen-bond acceptors (Lipinski definition) is 4. The Kier molecular flexibility index (Phi) is 12.3. The first-order valence-electron chi connectivity index (χ1n) is 10.7. The smallest absolute Gasteiger partial charge is 0.303 e. The molecule has 0 amide bonds. The van der Waals surface area contributed by atoms with Crippen molar-refractivity contribution in [3.8, 4) is 0 Å². The third-order valence-electron chi connectivity index (χ3n) is 5.67. The lowest BCUT2D eigenvalue weighted by Gasteiger charge is -2.22. The molecule has 1 aliphatic carbocycles. The highest BCUT2D eigenvalue weighted by molar-refractivity contribution is 5.78. The van der Waals surface area contributed by atoms with Gasteiger partial charge in [-0.1, -0.05) is 44.8 Å². The zero-order valence-corrected chi connectivity index (χ0v) is 16.8. The first-order chi connectivity index (χ1) is 13.0. The van der Waals surface area contributed by atoms with E-state index in [4.69, 9.17) is 5.11 Å². The first kappa shape index (κ1) is 23.8. The number of carboxylic acid groups (broad SMARTS) is 1. The van der Waals surface area contributed by atoms with Gasteiger partial charge in [-0.15, -0.1) is 0 Å². The predicted molar refractivity (Wildman–Crippen MR) is 106 cm³/mol. The highest BCUT2D eigenvalue weighted by Crippen LogP contribution is 2.38. The SMILES string of the molecule is CCCCCCCC(=O)CC[C@@H]1[C@@H](C/C=C\CCCC(=O)O)[C@H](O)C[C@H]1O. The third-order valence-corrected chi connectivity index (χ3v) is 5.67. The minimum atomic E-state index is -0.784. The van der Waals surface area contributed by atoms with Gasteiger partial charge in [-0.3, -0.25) is 9.59 Å². The van der Waals surface area contributed by atoms with E-state index < -0.39 is 18.2 Å². The van der Waals surface area contributed by atoms with E-state index in [1.807, 2.05) is 12.2 Å². The lowest BCUT2D eigenvalue weighted by Crippen LogP contribution is -2.22. The van der Waals surface area contributed by atoms with Crippen molar-refractivity contribution in [2.24, 2.45) is 11.8 Å². The summed E-state index contributed by atoms with van der Waals surface area (Å²) < 4.78 is 0. The lowest BCUT2D eigenvalue weighted by molar-refractivity contribution is -0.137. The summed E-state index contributed by atoms with van der Waals surface area (Å²) in [5.41, 5.74) is 0. The molecule has 0 heterocycles. The zero-order valence-electron chi connectivity index (χ0n) is 16.8. The van der Waals surface area contributed by atoms with Gasteiger partial charge < -0.3 is 15.3 Å². The average molecular weight is 383 g/mol. The number of unbranched alkanes of at least 4 members (excludes halogenated alkanes) is 5. The standard InChI is InChI=1S/C22H38O5/c1-2-3-4-5-8-11-17(23)14-15-19-18(20(24)16-21(19)25)12-9-6-7-10-13-22(26)27/h6,9,18-21,24-25H,2-5,7-8,10-16H2,1H3,(H,26,27)/b9-6-/t18-,19-,20-,21-/m1/s1. The van der Waals surface area contributed by atoms with Crippen LogP contribution in [0.25, 0.3) is 0 Å². The van der Waals surface area contributed by atoms with Gasteiger partial charge in [0.2, 0.25) is 0 Å². The van der Waals surface area contributed by atoms with Crippen molar-refractivity contribution in [3.05, 3.63) is 12.2 Å². The Morgan fingerprint density at radius 1 is 0.889 bits per heavy atom. The van der Waals surface area contributed by atoms with Crippen LogP contribution in [-0.4, -0.2) is 39.3 Å². The fourth-order valence-corrected chi connectivity index (χ4v) is 4.03. The summed E-state index contributed by atoms with van der Waals surface area (Å²) >= 11 is 0. The number of hydrogen-bond donors (Lipinski definition) is 3. The monoisotopic (exact) mass is 382 g/mol. The maximum Gasteiger partial charge on any atom is 0.303 e. The van der Waals surface area contributed by atoms with Crippen LogP contribution in [0.4, 0.5) is 0 Å². The van der Waals surface area contributed by atoms with Gasteiger partial charge in [-0.25, -0.2) is 0 Å². The third kappa shape index (κ3) is 10.1. The van der Waals surface area contributed by atoms with Gasteiger partial charge in [-0.05, 0) is 50.4 Å². The van der Waals surface area contributed by atoms with Crippen molar-refractivity contribution in [2.75, 3.05) is 0 Å². The van der Waals surface area contributed by atoms with E-state index in [2.05, 4.69) is 6.92 Å². The quantitative estimate of drug-likeness (QED) is 0.291. The summed E-state index contributed by atoms with van der Waals surface area (Å²) in [6, 6.07) is 0. The Labute approximate surface area is 163 Å². The Hall–Kier alpha value is -1.20. The van der Waals surface area contributed by atoms with Gasteiger partial charge in [-0.2, -0.15) is 0 Å². The Morgan fingerprint density at radius 3 is 2.30 bits per heavy atom. The number of aliphatic carboxylic acids is 1. The van der Waals surface area contributed by atoms with Crippen molar-refractivity contribution < 1.29 is 24.9 Å². The molecule has 0 radical (unpaired) electrons. The summed E-state index contributed by atoms with van der Waals surface area (Å²) in [7, 11) is 0. The van der Waals surface area contributed by atoms with Gasteiger partial charge in [0.05, 0.1) is 12.2 Å². The second-order valence-corrected chi connectivity index (χ2v) is 7.93. The number of carbonyl (C=O) groups is 2. The van der Waals surface area contributed by atoms with Crippen LogP contribution in [0, 0.1) is 11.8 Å². The minimum absolute atomic E-state index is 0.0203. The molecule has 3 N–H and O–H groups in total. The highest BCUT2D eigenvalue weighted by atomic mass is 16.4. The van der Waals surface area contributed by atoms with Crippen LogP contribution >= 0.6 is 0 Å². The number of aliphatic hydroxyl groups excluding tert-OH is 2. The van der Waals surface area contributed by atoms with Crippen LogP contribution in [0.3, 0.4) is 0 Å². The van der Waals surface area contributed by atoms with E-state index in [9.17, 15) is 19.8 Å². The highest BCUT2D eigenvalue weighted by Gasteiger charge is 2.40. The number of carboxylic acids is 1. The molecule has 4 atom stereocenters. The lowest BCUT2D eigenvalue weighted by atomic mass is 9.86. The number of rotatable bonds is 15. The van der Waals surface area contributed by atoms with Gasteiger partial charge in [0.25, 0.3) is 0 Å². The van der Waals surface area contributed by atoms with E-state index in [1.54, 1.807) is 0 Å². The fraction of sp³-hybridized carbons (Fsp3) is 0.818. The van der Waals surface area contributed by atoms with Crippen LogP contribution in [0.2, 0.25) is 0 Å². The van der Waals surface area contributed by atoms with Crippen molar-refractivity contribution in [3.63, 3.8) is 0 Å². The molecule has 5 nitrogen and oxygen atoms in total. The molecule has 0 aliphatic heterocycles. The molecule has 156 valence electrons. The number of aliphatic hydroxyl groups is 2. The van der Waals surface area contributed by atoms with Crippen LogP contribution < -0.4 is 0 Å². The van der Waals surface area contributed by atoms with Crippen LogP contribution in [0.1, 0.15) is 90.4 Å². The average Bonchev–Trinajstić information content (AvgIpc) is 2.88. The second kappa shape index (κ2) is 13.9. The van der Waals surface area contributed by atoms with E-state index in [0.717, 1.165) is 12.8 Å². The van der Waals surface area contributed by atoms with E-state index in [1.165, 1.54) is 19.3 Å². The fourth-order valence-electron chi connectivity index (χ4n) is 4.03. The van der Waals surface area contributed by atoms with E-state index in [0.29, 0.717) is 44.9 Å². The van der Waals surface area contributed by atoms with E-state index >= 15 is 0 Å². The van der Waals surface area contributed by atoms with Crippen LogP contribution in [-0.2, 0) is 9.59 Å². The Morgan fingerprint density at radius 2 is 1.59 bits per heavy atom. The molecular weight excluding hydrogens is 344 g/mol. The predicted octanol–water partition coefficient (Wildman–Crippen LogP) is 4.26. The number of carbonyl (C=O) groups excluding carboxylic acids is 1. The molecule has 0 bridgehead atoms. The van der Waals surface area contributed by atoms with Crippen LogP contribution in [0.5, 0.6) is 0 Å². The summed E-state index contributed by atoms with van der Waals surface area (Å²) in [4.78, 5) is 22.6. The van der Waals surface area contributed by atoms with Gasteiger partial charge in [0.15, 0.2) is 0 Å². The summed E-state index contributed by atoms with van der Waals surface area (Å²) in [5.74, 6) is -0.573. The summed E-state index contributed by atoms with van der Waals surface area (Å²) in [5, 5.41) is 29.1. The number of ketones is 1. The molecule has 0 aromatic carbocycles. The van der Waals surface area contributed by atoms with E-state index in [-0.39, 0.29) is 24.0 Å². The molecule has 27 heavy (non-hydrogen) atoms. The molecule has 1 fully saturated rings. The molecular formula is C22H38O5. The zero-order chi connectivity index (χ0) is 20.1. The minimum Gasteiger partial charge on any atom is -0.481 e. The molecule has 1 aliphatic rings. The molecule has 0 aromatic heterocycles. The summed E-state index contributed by atoms with van der Waals surface area (Å²) in [6.07, 6.45) is 12.8. The second-order valence-electron chi connectivity index (χ2n) is 7.93. The molecule has 1 rings (SSSR count). The van der Waals surface area contributed by atoms with Crippen molar-refractivity contribution in [2.45, 2.75) is 103 Å². The summed E-state index contributed by atoms with van der Waals surface area (Å²) in [6.45, 7) is 2.17. The maximum absolute atomic E-state index is 12.1. The molecule has 0 saturated heterocycles. The first-order valence-corrected chi connectivity index (χ1v) is 10.7. The normalized spacial score (nSPS) is 25.3. The maximum atomic E-state index is 12.1. The molecule has 0 spiro atoms. The molecule has 0 unspecified atom stereocenters. The van der Waals surface area contributed by atoms with Crippen molar-refractivity contribution in [1.29, 1.82) is 0 Å². The molecule has 0 aromatic rings. The molecule has 5 heteroatoms. The van der Waals surface area contributed by atoms with Gasteiger partial charge in [0, 0.05) is 19.3 Å². The Balaban J connectivity index is 2.32. The van der Waals surface area contributed by atoms with Crippen molar-refractivity contribution >= 4 is 11.8 Å². The molecule has 1 saturated carbocycles. The topological polar surface area (TPSA) is 94.8 Å². The van der Waals surface area contributed by atoms with Gasteiger partial charge >= 0.3 is 5.97 Å². The Bertz CT molecular complexity index is 460. The van der Waals surface area contributed by atoms with Crippen molar-refractivity contribution in [1.82, 2.24) is 0 Å². The number of Topliss-reactive ketones (excluding diaryl/α,β-unsaturated/α-hetero) is 1. The number of allylic oxidation sites excluding steroid dienone is 2. The largest absolute Gasteiger partial charge is 0.481 e. The van der Waals surface area contributed by atoms with Gasteiger partial charge in [0.1, 0.15) is 5.78 Å². The van der Waals surface area contributed by atoms with Crippen LogP contribution in [0.15, 0.2) is 12.2 Å².